The van der Waals surface area contributed by atoms with Crippen molar-refractivity contribution in [3.63, 3.8) is 0 Å². The van der Waals surface area contributed by atoms with Gasteiger partial charge in [-0.25, -0.2) is 4.98 Å². The normalized spacial score (nSPS) is 12.5. The third-order valence-corrected chi connectivity index (χ3v) is 3.65. The second-order valence-electron chi connectivity index (χ2n) is 3.35. The number of alkyl halides is 1. The van der Waals surface area contributed by atoms with Crippen molar-refractivity contribution in [2.75, 3.05) is 5.88 Å². The fraction of sp³-hybridized carbons (Fsp3) is 0.600. The number of carbonyl (C=O) groups is 1. The maximum atomic E-state index is 11.4. The molecule has 5 heteroatoms. The molecule has 1 aromatic heterocycles. The van der Waals surface area contributed by atoms with Gasteiger partial charge in [-0.15, -0.1) is 22.9 Å². The first-order chi connectivity index (χ1) is 7.17. The van der Waals surface area contributed by atoms with Gasteiger partial charge in [0.2, 0.25) is 5.91 Å². The highest BCUT2D eigenvalue weighted by molar-refractivity contribution is 7.11. The van der Waals surface area contributed by atoms with Gasteiger partial charge in [0.05, 0.1) is 6.54 Å². The van der Waals surface area contributed by atoms with Crippen molar-refractivity contribution < 1.29 is 4.79 Å². The lowest BCUT2D eigenvalue weighted by molar-refractivity contribution is -0.124. The fourth-order valence-corrected chi connectivity index (χ4v) is 1.94. The lowest BCUT2D eigenvalue weighted by Crippen LogP contribution is -2.29. The topological polar surface area (TPSA) is 42.0 Å². The number of hydrogen-bond donors (Lipinski definition) is 1. The average Bonchev–Trinajstić information content (AvgIpc) is 2.72. The summed E-state index contributed by atoms with van der Waals surface area (Å²) < 4.78 is 0. The van der Waals surface area contributed by atoms with Crippen LogP contribution in [0.3, 0.4) is 0 Å². The van der Waals surface area contributed by atoms with E-state index in [1.54, 1.807) is 11.3 Å². The van der Waals surface area contributed by atoms with Crippen LogP contribution in [0.2, 0.25) is 0 Å². The minimum absolute atomic E-state index is 0.0155. The van der Waals surface area contributed by atoms with E-state index in [9.17, 15) is 4.79 Å². The van der Waals surface area contributed by atoms with E-state index in [-0.39, 0.29) is 11.8 Å². The Morgan fingerprint density at radius 3 is 3.00 bits per heavy atom. The van der Waals surface area contributed by atoms with Crippen LogP contribution in [-0.2, 0) is 17.8 Å². The van der Waals surface area contributed by atoms with Crippen molar-refractivity contribution in [2.45, 2.75) is 26.8 Å². The zero-order valence-electron chi connectivity index (χ0n) is 8.92. The van der Waals surface area contributed by atoms with Crippen LogP contribution < -0.4 is 5.32 Å². The summed E-state index contributed by atoms with van der Waals surface area (Å²) in [5.74, 6) is 0.194. The smallest absolute Gasteiger partial charge is 0.224 e. The molecule has 15 heavy (non-hydrogen) atoms. The maximum Gasteiger partial charge on any atom is 0.224 e. The SMILES string of the molecule is CCc1cnc(CNC(=O)C(C)CCl)s1. The highest BCUT2D eigenvalue weighted by Crippen LogP contribution is 2.13. The van der Waals surface area contributed by atoms with Gasteiger partial charge < -0.3 is 5.32 Å². The van der Waals surface area contributed by atoms with Crippen LogP contribution in [0.4, 0.5) is 0 Å². The van der Waals surface area contributed by atoms with Crippen LogP contribution >= 0.6 is 22.9 Å². The van der Waals surface area contributed by atoms with Gasteiger partial charge in [0.1, 0.15) is 5.01 Å². The molecule has 0 spiro atoms. The molecule has 1 atom stereocenters. The Labute approximate surface area is 98.9 Å². The first-order valence-corrected chi connectivity index (χ1v) is 6.29. The molecule has 1 rings (SSSR count). The lowest BCUT2D eigenvalue weighted by Gasteiger charge is -2.07. The van der Waals surface area contributed by atoms with E-state index in [0.29, 0.717) is 12.4 Å². The molecule has 0 bridgehead atoms. The summed E-state index contributed by atoms with van der Waals surface area (Å²) in [7, 11) is 0. The maximum absolute atomic E-state index is 11.4. The second kappa shape index (κ2) is 6.08. The third-order valence-electron chi connectivity index (χ3n) is 2.04. The van der Waals surface area contributed by atoms with Crippen LogP contribution in [0, 0.1) is 5.92 Å². The molecule has 1 aromatic rings. The number of amides is 1. The first kappa shape index (κ1) is 12.5. The highest BCUT2D eigenvalue weighted by Gasteiger charge is 2.11. The molecular formula is C10H15ClN2OS. The number of aryl methyl sites for hydroxylation is 1. The Bertz CT molecular complexity index is 327. The van der Waals surface area contributed by atoms with E-state index >= 15 is 0 Å². The number of carbonyl (C=O) groups excluding carboxylic acids is 1. The lowest BCUT2D eigenvalue weighted by atomic mass is 10.2. The molecule has 0 saturated carbocycles. The number of hydrogen-bond acceptors (Lipinski definition) is 3. The van der Waals surface area contributed by atoms with Gasteiger partial charge in [-0.3, -0.25) is 4.79 Å². The third kappa shape index (κ3) is 3.80. The molecule has 84 valence electrons. The summed E-state index contributed by atoms with van der Waals surface area (Å²) in [6, 6.07) is 0. The monoisotopic (exact) mass is 246 g/mol. The van der Waals surface area contributed by atoms with Crippen LogP contribution in [0.1, 0.15) is 23.7 Å². The number of nitrogens with one attached hydrogen (secondary N) is 1. The summed E-state index contributed by atoms with van der Waals surface area (Å²) in [5.41, 5.74) is 0. The Morgan fingerprint density at radius 2 is 2.47 bits per heavy atom. The minimum atomic E-state index is -0.141. The summed E-state index contributed by atoms with van der Waals surface area (Å²) >= 11 is 7.22. The molecule has 0 fully saturated rings. The minimum Gasteiger partial charge on any atom is -0.349 e. The van der Waals surface area contributed by atoms with E-state index in [1.807, 2.05) is 13.1 Å². The van der Waals surface area contributed by atoms with E-state index < -0.39 is 0 Å². The van der Waals surface area contributed by atoms with Gasteiger partial charge >= 0.3 is 0 Å². The average molecular weight is 247 g/mol. The van der Waals surface area contributed by atoms with Crippen LogP contribution in [-0.4, -0.2) is 16.8 Å². The van der Waals surface area contributed by atoms with E-state index in [0.717, 1.165) is 11.4 Å². The quantitative estimate of drug-likeness (QED) is 0.810. The Balaban J connectivity index is 2.40. The molecule has 0 saturated heterocycles. The fourth-order valence-electron chi connectivity index (χ4n) is 1.00. The van der Waals surface area contributed by atoms with Gasteiger partial charge in [0, 0.05) is 22.9 Å². The molecule has 1 N–H and O–H groups in total. The second-order valence-corrected chi connectivity index (χ2v) is 4.86. The number of nitrogens with zero attached hydrogens (tertiary/aromatic N) is 1. The zero-order valence-corrected chi connectivity index (χ0v) is 10.5. The molecule has 1 unspecified atom stereocenters. The van der Waals surface area contributed by atoms with Gasteiger partial charge in [-0.05, 0) is 6.42 Å². The van der Waals surface area contributed by atoms with Crippen molar-refractivity contribution >= 4 is 28.8 Å². The molecule has 3 nitrogen and oxygen atoms in total. The summed E-state index contributed by atoms with van der Waals surface area (Å²) in [4.78, 5) is 16.9. The number of thiazole rings is 1. The Kier molecular flexibility index (Phi) is 5.05. The standard InChI is InChI=1S/C10H15ClN2OS/c1-3-8-5-12-9(15-8)6-13-10(14)7(2)4-11/h5,7H,3-4,6H2,1-2H3,(H,13,14). The molecule has 1 heterocycles. The predicted octanol–water partition coefficient (Wildman–Crippen LogP) is 2.20. The van der Waals surface area contributed by atoms with Crippen molar-refractivity contribution in [1.82, 2.24) is 10.3 Å². The molecule has 0 aliphatic carbocycles. The first-order valence-electron chi connectivity index (χ1n) is 4.94. The number of rotatable bonds is 5. The summed E-state index contributed by atoms with van der Waals surface area (Å²) in [6.07, 6.45) is 2.85. The zero-order chi connectivity index (χ0) is 11.3. The number of halogens is 1. The van der Waals surface area contributed by atoms with Gasteiger partial charge in [-0.1, -0.05) is 13.8 Å². The molecule has 0 aliphatic rings. The van der Waals surface area contributed by atoms with E-state index in [4.69, 9.17) is 11.6 Å². The van der Waals surface area contributed by atoms with Crippen molar-refractivity contribution in [1.29, 1.82) is 0 Å². The van der Waals surface area contributed by atoms with Gasteiger partial charge in [0.15, 0.2) is 0 Å². The largest absolute Gasteiger partial charge is 0.349 e. The summed E-state index contributed by atoms with van der Waals surface area (Å²) in [6.45, 7) is 4.40. The molecule has 0 radical (unpaired) electrons. The van der Waals surface area contributed by atoms with Crippen molar-refractivity contribution in [3.8, 4) is 0 Å². The Hall–Kier alpha value is -0.610. The number of aromatic nitrogens is 1. The van der Waals surface area contributed by atoms with E-state index in [1.165, 1.54) is 4.88 Å². The van der Waals surface area contributed by atoms with Crippen LogP contribution in [0.15, 0.2) is 6.20 Å². The van der Waals surface area contributed by atoms with Crippen LogP contribution in [0.5, 0.6) is 0 Å². The van der Waals surface area contributed by atoms with Gasteiger partial charge in [-0.2, -0.15) is 0 Å². The predicted molar refractivity (Wildman–Crippen MR) is 63.2 cm³/mol. The molecular weight excluding hydrogens is 232 g/mol. The molecule has 0 aliphatic heterocycles. The van der Waals surface area contributed by atoms with Crippen molar-refractivity contribution in [3.05, 3.63) is 16.1 Å². The van der Waals surface area contributed by atoms with Crippen LogP contribution in [0.25, 0.3) is 0 Å². The molecule has 1 amide bonds. The Morgan fingerprint density at radius 1 is 1.73 bits per heavy atom. The highest BCUT2D eigenvalue weighted by atomic mass is 35.5. The van der Waals surface area contributed by atoms with Crippen molar-refractivity contribution in [2.24, 2.45) is 5.92 Å². The van der Waals surface area contributed by atoms with Gasteiger partial charge in [0.25, 0.3) is 0 Å². The summed E-state index contributed by atoms with van der Waals surface area (Å²) in [5, 5.41) is 3.76. The van der Waals surface area contributed by atoms with E-state index in [2.05, 4.69) is 17.2 Å². The molecule has 0 aromatic carbocycles.